The molecule has 0 heterocycles. The number of rotatable bonds is 5. The van der Waals surface area contributed by atoms with E-state index in [0.29, 0.717) is 23.5 Å². The van der Waals surface area contributed by atoms with Crippen molar-refractivity contribution < 1.29 is 9.90 Å². The summed E-state index contributed by atoms with van der Waals surface area (Å²) in [4.78, 5) is 13.9. The molecular formula is C29H48O2. The minimum atomic E-state index is -0.283. The molecule has 176 valence electrons. The monoisotopic (exact) mass is 428 g/mol. The van der Waals surface area contributed by atoms with Crippen LogP contribution in [0.2, 0.25) is 0 Å². The number of aliphatic hydroxyl groups excluding tert-OH is 1. The Bertz CT molecular complexity index is 733. The van der Waals surface area contributed by atoms with Gasteiger partial charge in [0.25, 0.3) is 0 Å². The molecule has 0 radical (unpaired) electrons. The van der Waals surface area contributed by atoms with E-state index in [1.807, 2.05) is 0 Å². The Kier molecular flexibility index (Phi) is 6.07. The fourth-order valence-electron chi connectivity index (χ4n) is 9.25. The Balaban J connectivity index is 1.59. The van der Waals surface area contributed by atoms with E-state index in [9.17, 15) is 9.90 Å². The van der Waals surface area contributed by atoms with Crippen molar-refractivity contribution in [1.29, 1.82) is 0 Å². The fraction of sp³-hybridized carbons (Fsp3) is 0.897. The van der Waals surface area contributed by atoms with Gasteiger partial charge in [0.05, 0.1) is 6.10 Å². The van der Waals surface area contributed by atoms with Crippen molar-refractivity contribution in [1.82, 2.24) is 0 Å². The predicted molar refractivity (Wildman–Crippen MR) is 129 cm³/mol. The number of Topliss-reactive ketones (excluding diaryl/α,β-unsaturated/α-hetero) is 1. The van der Waals surface area contributed by atoms with Crippen molar-refractivity contribution in [2.45, 2.75) is 112 Å². The lowest BCUT2D eigenvalue weighted by molar-refractivity contribution is -0.147. The molecule has 8 atom stereocenters. The molecule has 0 spiro atoms. The third-order valence-electron chi connectivity index (χ3n) is 10.8. The van der Waals surface area contributed by atoms with Crippen LogP contribution in [-0.2, 0) is 4.79 Å². The second-order valence-corrected chi connectivity index (χ2v) is 13.4. The highest BCUT2D eigenvalue weighted by molar-refractivity contribution is 5.85. The molecule has 2 heteroatoms. The summed E-state index contributed by atoms with van der Waals surface area (Å²) in [7, 11) is 0. The third kappa shape index (κ3) is 3.58. The van der Waals surface area contributed by atoms with Crippen molar-refractivity contribution in [2.24, 2.45) is 51.8 Å². The molecule has 0 aromatic carbocycles. The van der Waals surface area contributed by atoms with Gasteiger partial charge in [-0.15, -0.1) is 0 Å². The summed E-state index contributed by atoms with van der Waals surface area (Å²) in [5.74, 6) is 4.15. The molecule has 0 aromatic heterocycles. The topological polar surface area (TPSA) is 37.3 Å². The summed E-state index contributed by atoms with van der Waals surface area (Å²) in [6.07, 6.45) is 12.4. The Morgan fingerprint density at radius 2 is 1.77 bits per heavy atom. The van der Waals surface area contributed by atoms with Gasteiger partial charge in [-0.25, -0.2) is 0 Å². The normalized spacial score (nSPS) is 45.0. The first kappa shape index (κ1) is 23.5. The summed E-state index contributed by atoms with van der Waals surface area (Å²) in [5.41, 5.74) is 1.32. The molecule has 0 aliphatic heterocycles. The van der Waals surface area contributed by atoms with Crippen molar-refractivity contribution >= 4 is 5.78 Å². The highest BCUT2D eigenvalue weighted by Crippen LogP contribution is 2.68. The van der Waals surface area contributed by atoms with E-state index in [0.717, 1.165) is 37.5 Å². The summed E-state index contributed by atoms with van der Waals surface area (Å²) < 4.78 is 0. The van der Waals surface area contributed by atoms with Crippen LogP contribution in [0.5, 0.6) is 0 Å². The molecule has 3 fully saturated rings. The van der Waals surface area contributed by atoms with Crippen molar-refractivity contribution in [3.05, 3.63) is 11.6 Å². The van der Waals surface area contributed by atoms with Crippen LogP contribution in [0.4, 0.5) is 0 Å². The zero-order valence-electron chi connectivity index (χ0n) is 21.3. The average molecular weight is 429 g/mol. The van der Waals surface area contributed by atoms with Crippen LogP contribution in [0.25, 0.3) is 0 Å². The second-order valence-electron chi connectivity index (χ2n) is 13.4. The number of carbonyl (C=O) groups excluding carboxylic acids is 1. The number of aliphatic hydroxyl groups is 1. The van der Waals surface area contributed by atoms with Crippen molar-refractivity contribution in [3.63, 3.8) is 0 Å². The summed E-state index contributed by atoms with van der Waals surface area (Å²) >= 11 is 0. The second kappa shape index (κ2) is 8.00. The van der Waals surface area contributed by atoms with E-state index >= 15 is 0 Å². The van der Waals surface area contributed by atoms with Crippen LogP contribution < -0.4 is 0 Å². The Morgan fingerprint density at radius 1 is 1.06 bits per heavy atom. The summed E-state index contributed by atoms with van der Waals surface area (Å²) in [5, 5.41) is 10.7. The van der Waals surface area contributed by atoms with Gasteiger partial charge < -0.3 is 5.11 Å². The largest absolute Gasteiger partial charge is 0.392 e. The molecule has 0 unspecified atom stereocenters. The van der Waals surface area contributed by atoms with Gasteiger partial charge in [-0.3, -0.25) is 4.79 Å². The Hall–Kier alpha value is -0.630. The van der Waals surface area contributed by atoms with Gasteiger partial charge in [-0.1, -0.05) is 79.4 Å². The van der Waals surface area contributed by atoms with Gasteiger partial charge in [-0.2, -0.15) is 0 Å². The van der Waals surface area contributed by atoms with Gasteiger partial charge in [0, 0.05) is 17.8 Å². The van der Waals surface area contributed by atoms with Gasteiger partial charge in [0.2, 0.25) is 0 Å². The first-order valence-corrected chi connectivity index (χ1v) is 13.3. The average Bonchev–Trinajstić information content (AvgIpc) is 3.01. The molecule has 0 saturated heterocycles. The van der Waals surface area contributed by atoms with Gasteiger partial charge in [0.15, 0.2) is 0 Å². The SMILES string of the molecule is CC(C)CCC[C@@H](C)[C@H]1CC[C@H]2[C@@H]3CC=C4C(C)(C)[C@H](O)CC[C@]4(C)[C@H]3C(=O)C[C@]12C. The van der Waals surface area contributed by atoms with Crippen LogP contribution in [0.15, 0.2) is 11.6 Å². The van der Waals surface area contributed by atoms with Crippen LogP contribution in [0.3, 0.4) is 0 Å². The highest BCUT2D eigenvalue weighted by Gasteiger charge is 2.63. The molecule has 3 saturated carbocycles. The lowest BCUT2D eigenvalue weighted by atomic mass is 9.44. The maximum atomic E-state index is 13.9. The zero-order valence-corrected chi connectivity index (χ0v) is 21.3. The predicted octanol–water partition coefficient (Wildman–Crippen LogP) is 7.20. The molecule has 0 bridgehead atoms. The van der Waals surface area contributed by atoms with Crippen LogP contribution in [-0.4, -0.2) is 17.0 Å². The summed E-state index contributed by atoms with van der Waals surface area (Å²) in [6.45, 7) is 16.4. The Labute approximate surface area is 191 Å². The van der Waals surface area contributed by atoms with E-state index in [1.54, 1.807) is 0 Å². The molecule has 4 aliphatic rings. The molecule has 0 aromatic rings. The van der Waals surface area contributed by atoms with E-state index in [2.05, 4.69) is 54.5 Å². The number of fused-ring (bicyclic) bond motifs is 5. The maximum Gasteiger partial charge on any atom is 0.137 e. The standard InChI is InChI=1S/C29H48O2/c1-18(2)9-8-10-19(3)21-12-13-22-20-11-14-24-27(4,5)25(31)15-16-28(24,6)26(20)23(30)17-29(21,22)7/h14,18-22,25-26,31H,8-13,15-17H2,1-7H3/t19-,20+,21-,22+,25-,26-,28+,29-/m1/s1. The van der Waals surface area contributed by atoms with Gasteiger partial charge >= 0.3 is 0 Å². The van der Waals surface area contributed by atoms with E-state index < -0.39 is 0 Å². The quantitative estimate of drug-likeness (QED) is 0.470. The molecule has 1 N–H and O–H groups in total. The van der Waals surface area contributed by atoms with E-state index in [4.69, 9.17) is 0 Å². The van der Waals surface area contributed by atoms with E-state index in [-0.39, 0.29) is 28.3 Å². The van der Waals surface area contributed by atoms with Crippen LogP contribution in [0.1, 0.15) is 106 Å². The molecule has 4 aliphatic carbocycles. The maximum absolute atomic E-state index is 13.9. The first-order chi connectivity index (χ1) is 14.4. The number of allylic oxidation sites excluding steroid dienone is 1. The van der Waals surface area contributed by atoms with Gasteiger partial charge in [-0.05, 0) is 72.5 Å². The molecule has 2 nitrogen and oxygen atoms in total. The highest BCUT2D eigenvalue weighted by atomic mass is 16.3. The molecular weight excluding hydrogens is 380 g/mol. The van der Waals surface area contributed by atoms with E-state index in [1.165, 1.54) is 37.7 Å². The molecule has 0 amide bonds. The smallest absolute Gasteiger partial charge is 0.137 e. The summed E-state index contributed by atoms with van der Waals surface area (Å²) in [6, 6.07) is 0. The molecule has 31 heavy (non-hydrogen) atoms. The van der Waals surface area contributed by atoms with Gasteiger partial charge in [0.1, 0.15) is 5.78 Å². The van der Waals surface area contributed by atoms with Crippen LogP contribution >= 0.6 is 0 Å². The van der Waals surface area contributed by atoms with Crippen molar-refractivity contribution in [2.75, 3.05) is 0 Å². The Morgan fingerprint density at radius 3 is 2.45 bits per heavy atom. The van der Waals surface area contributed by atoms with Crippen molar-refractivity contribution in [3.8, 4) is 0 Å². The lowest BCUT2D eigenvalue weighted by Gasteiger charge is -2.60. The number of carbonyl (C=O) groups is 1. The lowest BCUT2D eigenvalue weighted by Crippen LogP contribution is -2.57. The third-order valence-corrected chi connectivity index (χ3v) is 10.8. The number of hydrogen-bond acceptors (Lipinski definition) is 2. The minimum Gasteiger partial charge on any atom is -0.392 e. The minimum absolute atomic E-state index is 0.0506. The first-order valence-electron chi connectivity index (χ1n) is 13.3. The number of ketones is 1. The van der Waals surface area contributed by atoms with Crippen LogP contribution in [0, 0.1) is 51.8 Å². The zero-order chi connectivity index (χ0) is 22.8. The fourth-order valence-corrected chi connectivity index (χ4v) is 9.25. The number of hydrogen-bond donors (Lipinski definition) is 1. The molecule has 4 rings (SSSR count).